The van der Waals surface area contributed by atoms with Crippen LogP contribution in [-0.2, 0) is 16.0 Å². The standard InChI is InChI=1S/C20H26N2O3S/c1-3-4-5-9-12-20(2,19(24)25)22-17(23)13-16-14-26-18(21-16)15-10-7-6-8-11-15/h6-8,10-11,14H,3-5,9,12-13H2,1-2H3,(H,22,23)(H,24,25). The number of thiazole rings is 1. The lowest BCUT2D eigenvalue weighted by Crippen LogP contribution is -2.52. The number of carbonyl (C=O) groups is 2. The molecule has 1 heterocycles. The molecule has 0 radical (unpaired) electrons. The van der Waals surface area contributed by atoms with E-state index < -0.39 is 11.5 Å². The van der Waals surface area contributed by atoms with Crippen LogP contribution >= 0.6 is 11.3 Å². The van der Waals surface area contributed by atoms with Gasteiger partial charge in [0.1, 0.15) is 10.5 Å². The summed E-state index contributed by atoms with van der Waals surface area (Å²) in [5, 5.41) is 14.9. The van der Waals surface area contributed by atoms with Crippen molar-refractivity contribution in [2.45, 2.75) is 57.9 Å². The first-order chi connectivity index (χ1) is 12.4. The van der Waals surface area contributed by atoms with Crippen LogP contribution in [0.3, 0.4) is 0 Å². The smallest absolute Gasteiger partial charge is 0.329 e. The number of aromatic nitrogens is 1. The molecule has 1 unspecified atom stereocenters. The van der Waals surface area contributed by atoms with Gasteiger partial charge in [-0.15, -0.1) is 11.3 Å². The van der Waals surface area contributed by atoms with Gasteiger partial charge in [0.15, 0.2) is 0 Å². The predicted molar refractivity (Wildman–Crippen MR) is 104 cm³/mol. The summed E-state index contributed by atoms with van der Waals surface area (Å²) < 4.78 is 0. The summed E-state index contributed by atoms with van der Waals surface area (Å²) >= 11 is 1.48. The van der Waals surface area contributed by atoms with Crippen LogP contribution in [0.15, 0.2) is 35.7 Å². The number of nitrogens with zero attached hydrogens (tertiary/aromatic N) is 1. The zero-order chi connectivity index (χ0) is 19.0. The number of carboxylic acids is 1. The second-order valence-electron chi connectivity index (χ2n) is 6.68. The van der Waals surface area contributed by atoms with E-state index in [1.54, 1.807) is 6.92 Å². The number of nitrogens with one attached hydrogen (secondary N) is 1. The molecule has 1 atom stereocenters. The van der Waals surface area contributed by atoms with Crippen LogP contribution in [0, 0.1) is 0 Å². The Morgan fingerprint density at radius 2 is 1.92 bits per heavy atom. The van der Waals surface area contributed by atoms with Crippen LogP contribution in [0.25, 0.3) is 10.6 Å². The van der Waals surface area contributed by atoms with Crippen molar-refractivity contribution in [1.29, 1.82) is 0 Å². The van der Waals surface area contributed by atoms with Crippen molar-refractivity contribution in [3.05, 3.63) is 41.4 Å². The topological polar surface area (TPSA) is 79.3 Å². The largest absolute Gasteiger partial charge is 0.480 e. The zero-order valence-corrected chi connectivity index (χ0v) is 16.1. The Morgan fingerprint density at radius 3 is 2.58 bits per heavy atom. The molecule has 140 valence electrons. The Kier molecular flexibility index (Phi) is 7.33. The third-order valence-electron chi connectivity index (χ3n) is 4.33. The summed E-state index contributed by atoms with van der Waals surface area (Å²) in [6, 6.07) is 9.78. The zero-order valence-electron chi connectivity index (χ0n) is 15.3. The lowest BCUT2D eigenvalue weighted by atomic mass is 9.94. The second-order valence-corrected chi connectivity index (χ2v) is 7.54. The number of amides is 1. The summed E-state index contributed by atoms with van der Waals surface area (Å²) in [7, 11) is 0. The summed E-state index contributed by atoms with van der Waals surface area (Å²) in [6.45, 7) is 3.69. The van der Waals surface area contributed by atoms with E-state index in [-0.39, 0.29) is 12.3 Å². The molecule has 0 aliphatic heterocycles. The fourth-order valence-electron chi connectivity index (χ4n) is 2.75. The Hall–Kier alpha value is -2.21. The fraction of sp³-hybridized carbons (Fsp3) is 0.450. The van der Waals surface area contributed by atoms with Crippen molar-refractivity contribution in [2.24, 2.45) is 0 Å². The van der Waals surface area contributed by atoms with Gasteiger partial charge in [-0.25, -0.2) is 9.78 Å². The van der Waals surface area contributed by atoms with E-state index in [0.717, 1.165) is 36.3 Å². The summed E-state index contributed by atoms with van der Waals surface area (Å²) in [4.78, 5) is 28.5. The van der Waals surface area contributed by atoms with Crippen molar-refractivity contribution in [1.82, 2.24) is 10.3 Å². The van der Waals surface area contributed by atoms with E-state index in [1.165, 1.54) is 11.3 Å². The Bertz CT molecular complexity index is 730. The molecule has 1 aromatic heterocycles. The maximum atomic E-state index is 12.4. The van der Waals surface area contributed by atoms with Gasteiger partial charge in [0, 0.05) is 10.9 Å². The molecule has 2 rings (SSSR count). The van der Waals surface area contributed by atoms with Gasteiger partial charge < -0.3 is 10.4 Å². The van der Waals surface area contributed by atoms with E-state index >= 15 is 0 Å². The van der Waals surface area contributed by atoms with Gasteiger partial charge in [-0.3, -0.25) is 4.79 Å². The third-order valence-corrected chi connectivity index (χ3v) is 5.27. The molecule has 0 bridgehead atoms. The Morgan fingerprint density at radius 1 is 1.19 bits per heavy atom. The van der Waals surface area contributed by atoms with E-state index in [0.29, 0.717) is 12.1 Å². The Labute approximate surface area is 158 Å². The van der Waals surface area contributed by atoms with Gasteiger partial charge in [-0.1, -0.05) is 62.9 Å². The lowest BCUT2D eigenvalue weighted by Gasteiger charge is -2.26. The van der Waals surface area contributed by atoms with Gasteiger partial charge in [0.05, 0.1) is 12.1 Å². The van der Waals surface area contributed by atoms with Crippen LogP contribution in [-0.4, -0.2) is 27.5 Å². The molecule has 5 nitrogen and oxygen atoms in total. The van der Waals surface area contributed by atoms with Crippen LogP contribution in [0.2, 0.25) is 0 Å². The monoisotopic (exact) mass is 374 g/mol. The number of carbonyl (C=O) groups excluding carboxylic acids is 1. The van der Waals surface area contributed by atoms with Crippen LogP contribution in [0.4, 0.5) is 0 Å². The number of rotatable bonds is 10. The van der Waals surface area contributed by atoms with Crippen LogP contribution < -0.4 is 5.32 Å². The van der Waals surface area contributed by atoms with Gasteiger partial charge >= 0.3 is 5.97 Å². The van der Waals surface area contributed by atoms with Crippen LogP contribution in [0.1, 0.15) is 51.6 Å². The number of hydrogen-bond acceptors (Lipinski definition) is 4. The van der Waals surface area contributed by atoms with Gasteiger partial charge in [-0.2, -0.15) is 0 Å². The van der Waals surface area contributed by atoms with Gasteiger partial charge in [0.2, 0.25) is 5.91 Å². The van der Waals surface area contributed by atoms with Crippen molar-refractivity contribution >= 4 is 23.2 Å². The highest BCUT2D eigenvalue weighted by molar-refractivity contribution is 7.13. The summed E-state index contributed by atoms with van der Waals surface area (Å²) in [5.74, 6) is -1.30. The van der Waals surface area contributed by atoms with E-state index in [4.69, 9.17) is 0 Å². The van der Waals surface area contributed by atoms with Gasteiger partial charge in [-0.05, 0) is 13.3 Å². The molecule has 0 spiro atoms. The average molecular weight is 375 g/mol. The van der Waals surface area contributed by atoms with Crippen LogP contribution in [0.5, 0.6) is 0 Å². The molecule has 0 fully saturated rings. The fourth-order valence-corrected chi connectivity index (χ4v) is 3.57. The van der Waals surface area contributed by atoms with E-state index in [9.17, 15) is 14.7 Å². The lowest BCUT2D eigenvalue weighted by molar-refractivity contribution is -0.147. The summed E-state index contributed by atoms with van der Waals surface area (Å²) in [6.07, 6.45) is 4.43. The minimum atomic E-state index is -1.23. The average Bonchev–Trinajstić information content (AvgIpc) is 3.07. The van der Waals surface area contributed by atoms with Crippen molar-refractivity contribution < 1.29 is 14.7 Å². The Balaban J connectivity index is 1.95. The first kappa shape index (κ1) is 20.1. The molecule has 26 heavy (non-hydrogen) atoms. The van der Waals surface area contributed by atoms with E-state index in [2.05, 4.69) is 17.2 Å². The third kappa shape index (κ3) is 5.66. The molecular weight excluding hydrogens is 348 g/mol. The molecule has 0 saturated carbocycles. The highest BCUT2D eigenvalue weighted by Gasteiger charge is 2.34. The number of unbranched alkanes of at least 4 members (excludes halogenated alkanes) is 3. The SMILES string of the molecule is CCCCCCC(C)(NC(=O)Cc1csc(-c2ccccc2)n1)C(=O)O. The molecule has 0 saturated heterocycles. The van der Waals surface area contributed by atoms with Crippen molar-refractivity contribution in [3.63, 3.8) is 0 Å². The first-order valence-electron chi connectivity index (χ1n) is 8.99. The highest BCUT2D eigenvalue weighted by Crippen LogP contribution is 2.23. The minimum Gasteiger partial charge on any atom is -0.480 e. The molecule has 2 aromatic rings. The molecule has 2 N–H and O–H groups in total. The van der Waals surface area contributed by atoms with Crippen molar-refractivity contribution in [3.8, 4) is 10.6 Å². The first-order valence-corrected chi connectivity index (χ1v) is 9.87. The number of carboxylic acid groups (broad SMARTS) is 1. The van der Waals surface area contributed by atoms with E-state index in [1.807, 2.05) is 35.7 Å². The predicted octanol–water partition coefficient (Wildman–Crippen LogP) is 4.28. The number of hydrogen-bond donors (Lipinski definition) is 2. The summed E-state index contributed by atoms with van der Waals surface area (Å²) in [5.41, 5.74) is 0.434. The number of benzene rings is 1. The maximum absolute atomic E-state index is 12.4. The van der Waals surface area contributed by atoms with Crippen molar-refractivity contribution in [2.75, 3.05) is 0 Å². The molecule has 0 aliphatic rings. The molecule has 1 amide bonds. The minimum absolute atomic E-state index is 0.0845. The molecule has 6 heteroatoms. The maximum Gasteiger partial charge on any atom is 0.329 e. The highest BCUT2D eigenvalue weighted by atomic mass is 32.1. The molecule has 0 aliphatic carbocycles. The molecule has 1 aromatic carbocycles. The second kappa shape index (κ2) is 9.48. The number of aliphatic carboxylic acids is 1. The molecular formula is C20H26N2O3S. The quantitative estimate of drug-likeness (QED) is 0.608. The van der Waals surface area contributed by atoms with Gasteiger partial charge in [0.25, 0.3) is 0 Å². The normalized spacial score (nSPS) is 13.2.